The van der Waals surface area contributed by atoms with Crippen molar-refractivity contribution in [3.8, 4) is 11.8 Å². The van der Waals surface area contributed by atoms with E-state index in [1.807, 2.05) is 23.1 Å². The maximum atomic E-state index is 13.8. The van der Waals surface area contributed by atoms with Crippen LogP contribution in [-0.2, 0) is 9.59 Å². The SMILES string of the molecule is N#Cc1ccc(OC2C[C@H]3CC[C@@H](C2)N3C(=O)c2ccc(N3CCN(CC4CCN(c5cccc6c5C(=O)N(C5CCC(=O)NC5=O)C6=O)CC4)CC3)nc2)cc1Cl. The number of piperazine rings is 1. The molecule has 5 fully saturated rings. The molecule has 14 nitrogen and oxygen atoms in total. The molecule has 0 aliphatic carbocycles. The second kappa shape index (κ2) is 15.7. The lowest BCUT2D eigenvalue weighted by atomic mass is 9.94. The Bertz CT molecular complexity index is 2180. The topological polar surface area (TPSA) is 159 Å². The number of carbonyl (C=O) groups excluding carboxylic acids is 5. The summed E-state index contributed by atoms with van der Waals surface area (Å²) in [6.45, 7) is 6.03. The number of ether oxygens (including phenoxy) is 1. The third kappa shape index (κ3) is 7.15. The Hall–Kier alpha value is -5.52. The van der Waals surface area contributed by atoms with Gasteiger partial charge in [-0.1, -0.05) is 17.7 Å². The van der Waals surface area contributed by atoms with Gasteiger partial charge in [-0.05, 0) is 74.4 Å². The minimum Gasteiger partial charge on any atom is -0.490 e. The Balaban J connectivity index is 0.743. The first-order valence-corrected chi connectivity index (χ1v) is 20.7. The summed E-state index contributed by atoms with van der Waals surface area (Å²) in [5.41, 5.74) is 2.41. The van der Waals surface area contributed by atoms with Crippen molar-refractivity contribution in [1.29, 1.82) is 5.26 Å². The lowest BCUT2D eigenvalue weighted by Crippen LogP contribution is -2.54. The average Bonchev–Trinajstić information content (AvgIpc) is 3.65. The largest absolute Gasteiger partial charge is 0.490 e. The van der Waals surface area contributed by atoms with E-state index in [4.69, 9.17) is 21.3 Å². The van der Waals surface area contributed by atoms with Crippen molar-refractivity contribution in [2.24, 2.45) is 5.92 Å². The van der Waals surface area contributed by atoms with Gasteiger partial charge in [-0.15, -0.1) is 0 Å². The summed E-state index contributed by atoms with van der Waals surface area (Å²) in [7, 11) is 0. The molecule has 0 radical (unpaired) electrons. The van der Waals surface area contributed by atoms with Crippen LogP contribution in [0, 0.1) is 17.2 Å². The summed E-state index contributed by atoms with van der Waals surface area (Å²) < 4.78 is 6.26. The molecule has 3 aromatic rings. The first kappa shape index (κ1) is 38.0. The molecule has 0 saturated carbocycles. The van der Waals surface area contributed by atoms with Crippen molar-refractivity contribution >= 4 is 52.6 Å². The molecule has 7 heterocycles. The Morgan fingerprint density at radius 1 is 0.879 bits per heavy atom. The van der Waals surface area contributed by atoms with Crippen LogP contribution in [0.2, 0.25) is 5.02 Å². The molecule has 0 spiro atoms. The summed E-state index contributed by atoms with van der Waals surface area (Å²) in [5, 5.41) is 11.8. The van der Waals surface area contributed by atoms with Gasteiger partial charge in [0, 0.05) is 89.4 Å². The number of amides is 5. The van der Waals surface area contributed by atoms with Crippen molar-refractivity contribution in [3.05, 3.63) is 82.0 Å². The number of fused-ring (bicyclic) bond motifs is 3. The fourth-order valence-electron chi connectivity index (χ4n) is 9.90. The highest BCUT2D eigenvalue weighted by atomic mass is 35.5. The molecule has 58 heavy (non-hydrogen) atoms. The Morgan fingerprint density at radius 2 is 1.64 bits per heavy atom. The van der Waals surface area contributed by atoms with Gasteiger partial charge in [0.05, 0.1) is 33.0 Å². The number of pyridine rings is 1. The van der Waals surface area contributed by atoms with E-state index in [1.54, 1.807) is 36.5 Å². The van der Waals surface area contributed by atoms with E-state index in [0.717, 1.165) is 101 Å². The number of nitriles is 1. The van der Waals surface area contributed by atoms with Gasteiger partial charge in [0.1, 0.15) is 29.8 Å². The highest BCUT2D eigenvalue weighted by Crippen LogP contribution is 2.39. The molecule has 6 aliphatic rings. The van der Waals surface area contributed by atoms with Crippen LogP contribution in [-0.4, -0.2) is 119 Å². The molecular formula is C43H45ClN8O6. The monoisotopic (exact) mass is 804 g/mol. The van der Waals surface area contributed by atoms with E-state index >= 15 is 0 Å². The van der Waals surface area contributed by atoms with Crippen LogP contribution in [0.15, 0.2) is 54.7 Å². The van der Waals surface area contributed by atoms with Gasteiger partial charge in [-0.25, -0.2) is 4.98 Å². The predicted molar refractivity (Wildman–Crippen MR) is 214 cm³/mol. The fraction of sp³-hybridized carbons (Fsp3) is 0.465. The van der Waals surface area contributed by atoms with Crippen LogP contribution in [0.1, 0.15) is 88.0 Å². The molecule has 1 N–H and O–H groups in total. The number of halogens is 1. The highest BCUT2D eigenvalue weighted by Gasteiger charge is 2.47. The van der Waals surface area contributed by atoms with E-state index < -0.39 is 29.7 Å². The van der Waals surface area contributed by atoms with E-state index in [9.17, 15) is 29.2 Å². The number of piperidine rings is 3. The van der Waals surface area contributed by atoms with Crippen molar-refractivity contribution in [3.63, 3.8) is 0 Å². The molecule has 2 unspecified atom stereocenters. The maximum Gasteiger partial charge on any atom is 0.264 e. The van der Waals surface area contributed by atoms with Crippen molar-refractivity contribution in [2.45, 2.75) is 75.6 Å². The first-order chi connectivity index (χ1) is 28.1. The molecule has 2 bridgehead atoms. The lowest BCUT2D eigenvalue weighted by Gasteiger charge is -2.40. The van der Waals surface area contributed by atoms with Crippen LogP contribution in [0.5, 0.6) is 5.75 Å². The Labute approximate surface area is 341 Å². The summed E-state index contributed by atoms with van der Waals surface area (Å²) in [6.07, 6.45) is 7.23. The molecule has 6 aliphatic heterocycles. The number of benzene rings is 2. The molecular weight excluding hydrogens is 760 g/mol. The van der Waals surface area contributed by atoms with E-state index in [2.05, 4.69) is 26.1 Å². The number of imide groups is 2. The fourth-order valence-corrected chi connectivity index (χ4v) is 10.1. The molecule has 2 aromatic carbocycles. The Morgan fingerprint density at radius 3 is 2.31 bits per heavy atom. The van der Waals surface area contributed by atoms with Gasteiger partial charge in [-0.3, -0.25) is 39.1 Å². The molecule has 15 heteroatoms. The minimum atomic E-state index is -0.983. The highest BCUT2D eigenvalue weighted by molar-refractivity contribution is 6.31. The van der Waals surface area contributed by atoms with Crippen molar-refractivity contribution in [2.75, 3.05) is 55.6 Å². The van der Waals surface area contributed by atoms with Crippen LogP contribution >= 0.6 is 11.6 Å². The third-order valence-corrected chi connectivity index (χ3v) is 13.2. The average molecular weight is 805 g/mol. The summed E-state index contributed by atoms with van der Waals surface area (Å²) in [4.78, 5) is 79.8. The van der Waals surface area contributed by atoms with Gasteiger partial charge in [0.2, 0.25) is 11.8 Å². The normalized spacial score (nSPS) is 25.2. The summed E-state index contributed by atoms with van der Waals surface area (Å²) in [5.74, 6) is 0.0921. The molecule has 9 rings (SSSR count). The zero-order valence-corrected chi connectivity index (χ0v) is 32.9. The van der Waals surface area contributed by atoms with E-state index in [0.29, 0.717) is 38.9 Å². The van der Waals surface area contributed by atoms with Gasteiger partial charge in [-0.2, -0.15) is 5.26 Å². The minimum absolute atomic E-state index is 0.0192. The van der Waals surface area contributed by atoms with Crippen LogP contribution in [0.3, 0.4) is 0 Å². The standard InChI is InChI=1S/C43H45ClN8O6/c44-34-22-31(8-4-27(34)23-45)58-32-20-29-6-7-30(21-32)51(29)41(55)28-5-10-37(46-24-28)50-18-16-48(17-19-50)25-26-12-14-49(15-13-26)35-3-1-2-33-39(35)43(57)52(42(33)56)36-9-11-38(53)47-40(36)54/h1-5,8,10,22,24,26,29-30,32,36H,6-7,9,11-21,25H2,(H,47,53,54)/t29-,30+,32?,36?. The number of hydrogen-bond acceptors (Lipinski definition) is 11. The van der Waals surface area contributed by atoms with Gasteiger partial charge in [0.15, 0.2) is 0 Å². The van der Waals surface area contributed by atoms with Gasteiger partial charge in [0.25, 0.3) is 17.7 Å². The molecule has 300 valence electrons. The number of aromatic nitrogens is 1. The molecule has 5 saturated heterocycles. The van der Waals surface area contributed by atoms with Crippen LogP contribution in [0.4, 0.5) is 11.5 Å². The number of nitrogens with one attached hydrogen (secondary N) is 1. The summed E-state index contributed by atoms with van der Waals surface area (Å²) in [6, 6.07) is 15.6. The first-order valence-electron chi connectivity index (χ1n) is 20.4. The number of rotatable bonds is 8. The molecule has 4 atom stereocenters. The predicted octanol–water partition coefficient (Wildman–Crippen LogP) is 4.26. The second-order valence-corrected chi connectivity index (χ2v) is 16.7. The second-order valence-electron chi connectivity index (χ2n) is 16.3. The zero-order valence-electron chi connectivity index (χ0n) is 32.1. The van der Waals surface area contributed by atoms with Crippen LogP contribution in [0.25, 0.3) is 0 Å². The lowest BCUT2D eigenvalue weighted by molar-refractivity contribution is -0.136. The van der Waals surface area contributed by atoms with E-state index in [-0.39, 0.29) is 36.9 Å². The third-order valence-electron chi connectivity index (χ3n) is 12.9. The maximum absolute atomic E-state index is 13.8. The Kier molecular flexibility index (Phi) is 10.3. The zero-order chi connectivity index (χ0) is 40.1. The molecule has 1 aromatic heterocycles. The van der Waals surface area contributed by atoms with Gasteiger partial charge < -0.3 is 19.4 Å². The smallest absolute Gasteiger partial charge is 0.264 e. The number of anilines is 2. The van der Waals surface area contributed by atoms with E-state index in [1.165, 1.54) is 0 Å². The quantitative estimate of drug-likeness (QED) is 0.325. The number of nitrogens with zero attached hydrogens (tertiary/aromatic N) is 7. The summed E-state index contributed by atoms with van der Waals surface area (Å²) >= 11 is 6.22. The van der Waals surface area contributed by atoms with Crippen LogP contribution < -0.4 is 19.9 Å². The molecule has 5 amide bonds. The van der Waals surface area contributed by atoms with Gasteiger partial charge >= 0.3 is 0 Å². The number of hydrogen-bond donors (Lipinski definition) is 1. The van der Waals surface area contributed by atoms with Crippen molar-refractivity contribution < 1.29 is 28.7 Å². The number of carbonyl (C=O) groups is 5. The van der Waals surface area contributed by atoms with Crippen molar-refractivity contribution in [1.82, 2.24) is 25.0 Å².